The number of carbonyl (C=O) groups excluding carboxylic acids is 1. The summed E-state index contributed by atoms with van der Waals surface area (Å²) in [6.45, 7) is 2.50. The van der Waals surface area contributed by atoms with E-state index in [9.17, 15) is 9.18 Å². The monoisotopic (exact) mass is 330 g/mol. The molecule has 126 valence electrons. The van der Waals surface area contributed by atoms with Crippen LogP contribution < -0.4 is 16.4 Å². The van der Waals surface area contributed by atoms with E-state index in [1.165, 1.54) is 12.1 Å². The molecule has 0 aliphatic rings. The minimum atomic E-state index is -0.603. The largest absolute Gasteiger partial charge is 0.445 e. The van der Waals surface area contributed by atoms with Crippen molar-refractivity contribution >= 4 is 23.4 Å². The van der Waals surface area contributed by atoms with E-state index in [1.807, 2.05) is 6.92 Å². The van der Waals surface area contributed by atoms with Crippen molar-refractivity contribution in [2.24, 2.45) is 0 Å². The van der Waals surface area contributed by atoms with Gasteiger partial charge in [0.05, 0.1) is 5.69 Å². The summed E-state index contributed by atoms with van der Waals surface area (Å²) in [6, 6.07) is 9.47. The molecule has 4 N–H and O–H groups in total. The fourth-order valence-corrected chi connectivity index (χ4v) is 1.84. The van der Waals surface area contributed by atoms with Gasteiger partial charge < -0.3 is 15.8 Å². The summed E-state index contributed by atoms with van der Waals surface area (Å²) >= 11 is 0. The Morgan fingerprint density at radius 1 is 1.29 bits per heavy atom. The number of anilines is 3. The van der Waals surface area contributed by atoms with E-state index in [0.29, 0.717) is 18.1 Å². The molecule has 0 saturated carbocycles. The van der Waals surface area contributed by atoms with E-state index < -0.39 is 6.09 Å². The molecule has 0 radical (unpaired) electrons. The lowest BCUT2D eigenvalue weighted by atomic mass is 10.2. The molecule has 2 rings (SSSR count). The maximum absolute atomic E-state index is 12.9. The fourth-order valence-electron chi connectivity index (χ4n) is 1.84. The van der Waals surface area contributed by atoms with E-state index in [2.05, 4.69) is 15.6 Å². The number of pyridine rings is 1. The van der Waals surface area contributed by atoms with Gasteiger partial charge in [-0.15, -0.1) is 0 Å². The van der Waals surface area contributed by atoms with Crippen molar-refractivity contribution in [1.29, 1.82) is 0 Å². The number of benzene rings is 1. The summed E-state index contributed by atoms with van der Waals surface area (Å²) in [7, 11) is 0. The van der Waals surface area contributed by atoms with Crippen LogP contribution in [0.5, 0.6) is 0 Å². The second-order valence-corrected chi connectivity index (χ2v) is 4.90. The highest BCUT2D eigenvalue weighted by atomic mass is 19.1. The first-order valence-electron chi connectivity index (χ1n) is 7.38. The van der Waals surface area contributed by atoms with Gasteiger partial charge in [0.15, 0.2) is 0 Å². The molecule has 1 aromatic carbocycles. The molecular weight excluding hydrogens is 311 g/mol. The molecule has 7 heteroatoms. The maximum Gasteiger partial charge on any atom is 0.412 e. The number of carbonyl (C=O) groups is 1. The molecule has 1 amide bonds. The Hall–Kier alpha value is -3.09. The van der Waals surface area contributed by atoms with Crippen LogP contribution in [0, 0.1) is 5.82 Å². The van der Waals surface area contributed by atoms with Crippen molar-refractivity contribution in [3.05, 3.63) is 59.9 Å². The van der Waals surface area contributed by atoms with E-state index >= 15 is 0 Å². The van der Waals surface area contributed by atoms with Crippen molar-refractivity contribution in [1.82, 2.24) is 4.98 Å². The summed E-state index contributed by atoms with van der Waals surface area (Å²) in [5.41, 5.74) is 7.11. The molecule has 1 heterocycles. The number of hydrogen-bond acceptors (Lipinski definition) is 5. The van der Waals surface area contributed by atoms with Gasteiger partial charge in [0.25, 0.3) is 0 Å². The summed E-state index contributed by atoms with van der Waals surface area (Å²) in [5, 5.41) is 5.60. The Morgan fingerprint density at radius 2 is 2.04 bits per heavy atom. The van der Waals surface area contributed by atoms with Crippen LogP contribution in [0.4, 0.5) is 26.5 Å². The quantitative estimate of drug-likeness (QED) is 0.705. The first-order chi connectivity index (χ1) is 11.6. The molecule has 0 bridgehead atoms. The summed E-state index contributed by atoms with van der Waals surface area (Å²) < 4.78 is 17.8. The predicted molar refractivity (Wildman–Crippen MR) is 92.2 cm³/mol. The molecule has 0 unspecified atom stereocenters. The average Bonchev–Trinajstić information content (AvgIpc) is 2.57. The smallest absolute Gasteiger partial charge is 0.412 e. The minimum absolute atomic E-state index is 0.169. The van der Waals surface area contributed by atoms with Crippen molar-refractivity contribution in [3.8, 4) is 0 Å². The highest BCUT2D eigenvalue weighted by molar-refractivity contribution is 5.88. The molecular formula is C17H19FN4O2. The zero-order valence-corrected chi connectivity index (χ0v) is 13.3. The van der Waals surface area contributed by atoms with Gasteiger partial charge in [-0.1, -0.05) is 24.3 Å². The summed E-state index contributed by atoms with van der Waals surface area (Å²) in [6.07, 6.45) is 2.89. The first kappa shape index (κ1) is 17.3. The normalized spacial score (nSPS) is 10.6. The molecule has 0 spiro atoms. The zero-order chi connectivity index (χ0) is 17.4. The maximum atomic E-state index is 12.9. The van der Waals surface area contributed by atoms with Crippen LogP contribution in [0.2, 0.25) is 0 Å². The predicted octanol–water partition coefficient (Wildman–Crippen LogP) is 3.54. The topological polar surface area (TPSA) is 89.3 Å². The number of nitrogens with zero attached hydrogens (tertiary/aromatic N) is 1. The number of ether oxygens (including phenoxy) is 1. The number of nitrogens with two attached hydrogens (primary N) is 1. The molecule has 0 atom stereocenters. The highest BCUT2D eigenvalue weighted by Gasteiger charge is 2.07. The second-order valence-electron chi connectivity index (χ2n) is 4.90. The molecule has 6 nitrogen and oxygen atoms in total. The van der Waals surface area contributed by atoms with Gasteiger partial charge in [0, 0.05) is 6.54 Å². The van der Waals surface area contributed by atoms with Crippen LogP contribution in [-0.2, 0) is 11.3 Å². The van der Waals surface area contributed by atoms with Crippen LogP contribution in [0.25, 0.3) is 0 Å². The van der Waals surface area contributed by atoms with Gasteiger partial charge in [-0.3, -0.25) is 5.32 Å². The number of allylic oxidation sites excluding steroid dienone is 1. The molecule has 0 saturated heterocycles. The Bertz CT molecular complexity index is 717. The van der Waals surface area contributed by atoms with Gasteiger partial charge in [-0.25, -0.2) is 14.2 Å². The molecule has 0 fully saturated rings. The Balaban J connectivity index is 1.91. The lowest BCUT2D eigenvalue weighted by molar-refractivity contribution is 0.174. The van der Waals surface area contributed by atoms with E-state index in [1.54, 1.807) is 36.4 Å². The highest BCUT2D eigenvalue weighted by Crippen LogP contribution is 2.19. The van der Waals surface area contributed by atoms with Gasteiger partial charge in [0.1, 0.15) is 24.1 Å². The van der Waals surface area contributed by atoms with Crippen LogP contribution in [0.3, 0.4) is 0 Å². The molecule has 1 aromatic heterocycles. The van der Waals surface area contributed by atoms with Gasteiger partial charge in [-0.2, -0.15) is 0 Å². The number of aromatic nitrogens is 1. The average molecular weight is 330 g/mol. The third-order valence-corrected chi connectivity index (χ3v) is 3.09. The van der Waals surface area contributed by atoms with Crippen molar-refractivity contribution in [2.75, 3.05) is 23.0 Å². The molecule has 0 aliphatic carbocycles. The van der Waals surface area contributed by atoms with Gasteiger partial charge in [-0.05, 0) is 36.8 Å². The van der Waals surface area contributed by atoms with Crippen molar-refractivity contribution in [3.63, 3.8) is 0 Å². The summed E-state index contributed by atoms with van der Waals surface area (Å²) in [5.74, 6) is 0.435. The van der Waals surface area contributed by atoms with Crippen LogP contribution in [0.15, 0.2) is 48.6 Å². The minimum Gasteiger partial charge on any atom is -0.445 e. The lowest BCUT2D eigenvalue weighted by Crippen LogP contribution is -2.15. The number of nitrogen functional groups attached to an aromatic ring is 1. The number of hydrogen-bond donors (Lipinski definition) is 3. The van der Waals surface area contributed by atoms with E-state index in [0.717, 1.165) is 5.56 Å². The third-order valence-electron chi connectivity index (χ3n) is 3.09. The number of halogens is 1. The Kier molecular flexibility index (Phi) is 6.13. The van der Waals surface area contributed by atoms with Crippen LogP contribution in [-0.4, -0.2) is 17.7 Å². The second kappa shape index (κ2) is 8.52. The van der Waals surface area contributed by atoms with Crippen molar-refractivity contribution in [2.45, 2.75) is 13.5 Å². The standard InChI is InChI=1S/C17H19FN4O2/c1-2-3-10-24-17(23)21-14-8-9-15(22-16(14)19)20-11-12-4-6-13(18)7-5-12/h2-9H,10-11H2,1H3,(H,21,23)(H3,19,20,22)/b3-2+. The Labute approximate surface area is 139 Å². The van der Waals surface area contributed by atoms with Gasteiger partial charge in [0.2, 0.25) is 0 Å². The molecule has 24 heavy (non-hydrogen) atoms. The van der Waals surface area contributed by atoms with Crippen LogP contribution >= 0.6 is 0 Å². The summed E-state index contributed by atoms with van der Waals surface area (Å²) in [4.78, 5) is 15.7. The first-order valence-corrected chi connectivity index (χ1v) is 7.38. The third kappa shape index (κ3) is 5.28. The van der Waals surface area contributed by atoms with E-state index in [4.69, 9.17) is 10.5 Å². The number of nitrogens with one attached hydrogen (secondary N) is 2. The Morgan fingerprint density at radius 3 is 2.71 bits per heavy atom. The lowest BCUT2D eigenvalue weighted by Gasteiger charge is -2.10. The zero-order valence-electron chi connectivity index (χ0n) is 13.3. The van der Waals surface area contributed by atoms with Crippen molar-refractivity contribution < 1.29 is 13.9 Å². The van der Waals surface area contributed by atoms with Crippen LogP contribution in [0.1, 0.15) is 12.5 Å². The fraction of sp³-hybridized carbons (Fsp3) is 0.176. The molecule has 2 aromatic rings. The number of amides is 1. The number of rotatable bonds is 6. The SMILES string of the molecule is C/C=C/COC(=O)Nc1ccc(NCc2ccc(F)cc2)nc1N. The molecule has 0 aliphatic heterocycles. The van der Waals surface area contributed by atoms with E-state index in [-0.39, 0.29) is 18.2 Å². The van der Waals surface area contributed by atoms with Gasteiger partial charge >= 0.3 is 6.09 Å².